The number of pyridine rings is 1. The second-order valence-corrected chi connectivity index (χ2v) is 4.54. The van der Waals surface area contributed by atoms with E-state index in [0.717, 1.165) is 42.9 Å². The van der Waals surface area contributed by atoms with Crippen molar-refractivity contribution in [3.63, 3.8) is 0 Å². The standard InChI is InChI=1S/C12H14ClN3O/c13-6-12-15-10-7-14-4-3-11(10)16(12)8-9-2-1-5-17-9/h3-4,7,9H,1-2,5-6,8H2. The van der Waals surface area contributed by atoms with Crippen LogP contribution in [0.25, 0.3) is 11.0 Å². The molecule has 2 aromatic rings. The lowest BCUT2D eigenvalue weighted by Crippen LogP contribution is -2.16. The monoisotopic (exact) mass is 251 g/mol. The van der Waals surface area contributed by atoms with Crippen LogP contribution < -0.4 is 0 Å². The van der Waals surface area contributed by atoms with Gasteiger partial charge in [0.2, 0.25) is 0 Å². The molecule has 5 heteroatoms. The number of ether oxygens (including phenoxy) is 1. The van der Waals surface area contributed by atoms with Crippen LogP contribution in [0.2, 0.25) is 0 Å². The molecule has 17 heavy (non-hydrogen) atoms. The Balaban J connectivity index is 1.99. The second-order valence-electron chi connectivity index (χ2n) is 4.27. The van der Waals surface area contributed by atoms with Crippen LogP contribution in [0.5, 0.6) is 0 Å². The summed E-state index contributed by atoms with van der Waals surface area (Å²) in [6.45, 7) is 1.71. The zero-order chi connectivity index (χ0) is 11.7. The Hall–Kier alpha value is -1.13. The van der Waals surface area contributed by atoms with Crippen LogP contribution in [0.1, 0.15) is 18.7 Å². The lowest BCUT2D eigenvalue weighted by molar-refractivity contribution is 0.0974. The molecule has 3 heterocycles. The van der Waals surface area contributed by atoms with Gasteiger partial charge in [-0.15, -0.1) is 11.6 Å². The quantitative estimate of drug-likeness (QED) is 0.787. The molecule has 0 bridgehead atoms. The van der Waals surface area contributed by atoms with Crippen LogP contribution in [0, 0.1) is 0 Å². The summed E-state index contributed by atoms with van der Waals surface area (Å²) >= 11 is 5.94. The average Bonchev–Trinajstić information content (AvgIpc) is 2.98. The van der Waals surface area contributed by atoms with E-state index >= 15 is 0 Å². The van der Waals surface area contributed by atoms with Gasteiger partial charge < -0.3 is 9.30 Å². The highest BCUT2D eigenvalue weighted by atomic mass is 35.5. The lowest BCUT2D eigenvalue weighted by atomic mass is 10.2. The van der Waals surface area contributed by atoms with Crippen LogP contribution in [0.4, 0.5) is 0 Å². The van der Waals surface area contributed by atoms with E-state index in [1.54, 1.807) is 12.4 Å². The predicted molar refractivity (Wildman–Crippen MR) is 66.1 cm³/mol. The first-order chi connectivity index (χ1) is 8.38. The molecule has 3 rings (SSSR count). The highest BCUT2D eigenvalue weighted by molar-refractivity contribution is 6.16. The number of alkyl halides is 1. The first-order valence-corrected chi connectivity index (χ1v) is 6.38. The Morgan fingerprint density at radius 1 is 1.53 bits per heavy atom. The van der Waals surface area contributed by atoms with Gasteiger partial charge >= 0.3 is 0 Å². The Labute approximate surface area is 105 Å². The summed E-state index contributed by atoms with van der Waals surface area (Å²) in [5.41, 5.74) is 1.99. The molecule has 0 aliphatic carbocycles. The van der Waals surface area contributed by atoms with E-state index in [0.29, 0.717) is 12.0 Å². The smallest absolute Gasteiger partial charge is 0.125 e. The number of rotatable bonds is 3. The Morgan fingerprint density at radius 3 is 3.24 bits per heavy atom. The number of halogens is 1. The van der Waals surface area contributed by atoms with Gasteiger partial charge in [-0.05, 0) is 18.9 Å². The van der Waals surface area contributed by atoms with Crippen LogP contribution in [-0.2, 0) is 17.2 Å². The lowest BCUT2D eigenvalue weighted by Gasteiger charge is -2.13. The van der Waals surface area contributed by atoms with Crippen LogP contribution in [-0.4, -0.2) is 27.2 Å². The maximum absolute atomic E-state index is 5.94. The Bertz CT molecular complexity index is 519. The van der Waals surface area contributed by atoms with E-state index in [1.165, 1.54) is 0 Å². The van der Waals surface area contributed by atoms with Crippen molar-refractivity contribution < 1.29 is 4.74 Å². The molecule has 4 nitrogen and oxygen atoms in total. The van der Waals surface area contributed by atoms with Crippen molar-refractivity contribution >= 4 is 22.6 Å². The van der Waals surface area contributed by atoms with Crippen LogP contribution in [0.15, 0.2) is 18.5 Å². The minimum atomic E-state index is 0.294. The van der Waals surface area contributed by atoms with Crippen molar-refractivity contribution in [2.75, 3.05) is 6.61 Å². The Kier molecular flexibility index (Phi) is 2.99. The predicted octanol–water partition coefficient (Wildman–Crippen LogP) is 2.35. The molecule has 0 spiro atoms. The minimum absolute atomic E-state index is 0.294. The normalized spacial score (nSPS) is 20.2. The zero-order valence-corrected chi connectivity index (χ0v) is 10.2. The van der Waals surface area contributed by atoms with Gasteiger partial charge in [0.15, 0.2) is 0 Å². The van der Waals surface area contributed by atoms with Gasteiger partial charge in [-0.25, -0.2) is 4.98 Å². The molecule has 0 aromatic carbocycles. The van der Waals surface area contributed by atoms with Gasteiger partial charge in [0.1, 0.15) is 11.3 Å². The molecular weight excluding hydrogens is 238 g/mol. The van der Waals surface area contributed by atoms with Gasteiger partial charge in [0, 0.05) is 12.8 Å². The molecule has 1 aliphatic rings. The van der Waals surface area contributed by atoms with Gasteiger partial charge in [0.25, 0.3) is 0 Å². The maximum Gasteiger partial charge on any atom is 0.125 e. The van der Waals surface area contributed by atoms with Crippen molar-refractivity contribution in [2.24, 2.45) is 0 Å². The molecule has 2 aromatic heterocycles. The molecule has 1 aliphatic heterocycles. The van der Waals surface area contributed by atoms with E-state index in [-0.39, 0.29) is 0 Å². The van der Waals surface area contributed by atoms with Crippen LogP contribution in [0.3, 0.4) is 0 Å². The average molecular weight is 252 g/mol. The summed E-state index contributed by atoms with van der Waals surface area (Å²) in [7, 11) is 0. The largest absolute Gasteiger partial charge is 0.376 e. The van der Waals surface area contributed by atoms with Gasteiger partial charge in [-0.2, -0.15) is 0 Å². The van der Waals surface area contributed by atoms with Crippen LogP contribution >= 0.6 is 11.6 Å². The molecule has 90 valence electrons. The summed E-state index contributed by atoms with van der Waals surface area (Å²) in [4.78, 5) is 8.57. The van der Waals surface area contributed by atoms with E-state index in [9.17, 15) is 0 Å². The molecule has 0 amide bonds. The molecule has 0 radical (unpaired) electrons. The van der Waals surface area contributed by atoms with Crippen molar-refractivity contribution in [2.45, 2.75) is 31.4 Å². The molecule has 0 N–H and O–H groups in total. The van der Waals surface area contributed by atoms with E-state index in [1.807, 2.05) is 6.07 Å². The highest BCUT2D eigenvalue weighted by Gasteiger charge is 2.19. The third kappa shape index (κ3) is 2.03. The third-order valence-corrected chi connectivity index (χ3v) is 3.40. The topological polar surface area (TPSA) is 39.9 Å². The minimum Gasteiger partial charge on any atom is -0.376 e. The third-order valence-electron chi connectivity index (χ3n) is 3.16. The fourth-order valence-corrected chi connectivity index (χ4v) is 2.53. The van der Waals surface area contributed by atoms with Gasteiger partial charge in [-0.3, -0.25) is 4.98 Å². The first-order valence-electron chi connectivity index (χ1n) is 5.85. The van der Waals surface area contributed by atoms with Crippen molar-refractivity contribution in [3.8, 4) is 0 Å². The first kappa shape index (κ1) is 11.0. The van der Waals surface area contributed by atoms with Gasteiger partial charge in [0.05, 0.1) is 30.2 Å². The maximum atomic E-state index is 5.94. The Morgan fingerprint density at radius 2 is 2.47 bits per heavy atom. The highest BCUT2D eigenvalue weighted by Crippen LogP contribution is 2.20. The molecule has 1 unspecified atom stereocenters. The van der Waals surface area contributed by atoms with E-state index < -0.39 is 0 Å². The summed E-state index contributed by atoms with van der Waals surface area (Å²) in [6.07, 6.45) is 6.12. The number of hydrogen-bond donors (Lipinski definition) is 0. The summed E-state index contributed by atoms with van der Waals surface area (Å²) in [6, 6.07) is 1.98. The zero-order valence-electron chi connectivity index (χ0n) is 9.47. The van der Waals surface area contributed by atoms with Gasteiger partial charge in [-0.1, -0.05) is 0 Å². The second kappa shape index (κ2) is 4.63. The number of aromatic nitrogens is 3. The molecule has 1 fully saturated rings. The number of imidazole rings is 1. The SMILES string of the molecule is ClCc1nc2cnccc2n1CC1CCCO1. The van der Waals surface area contributed by atoms with Crippen molar-refractivity contribution in [3.05, 3.63) is 24.3 Å². The fraction of sp³-hybridized carbons (Fsp3) is 0.500. The summed E-state index contributed by atoms with van der Waals surface area (Å²) < 4.78 is 7.82. The number of hydrogen-bond acceptors (Lipinski definition) is 3. The fourth-order valence-electron chi connectivity index (χ4n) is 2.33. The van der Waals surface area contributed by atoms with Crippen molar-refractivity contribution in [1.29, 1.82) is 0 Å². The molecule has 1 saturated heterocycles. The summed E-state index contributed by atoms with van der Waals surface area (Å²) in [5, 5.41) is 0. The number of nitrogens with zero attached hydrogens (tertiary/aromatic N) is 3. The van der Waals surface area contributed by atoms with E-state index in [4.69, 9.17) is 16.3 Å². The molecular formula is C12H14ClN3O. The van der Waals surface area contributed by atoms with Crippen molar-refractivity contribution in [1.82, 2.24) is 14.5 Å². The molecule has 1 atom stereocenters. The number of fused-ring (bicyclic) bond motifs is 1. The van der Waals surface area contributed by atoms with E-state index in [2.05, 4.69) is 14.5 Å². The summed E-state index contributed by atoms with van der Waals surface area (Å²) in [5.74, 6) is 1.31. The molecule has 0 saturated carbocycles.